The number of imidazole rings is 1. The minimum atomic E-state index is -0.0444. The number of anilines is 1. The van der Waals surface area contributed by atoms with Crippen LogP contribution in [0, 0.1) is 6.92 Å². The average molecular weight is 471 g/mol. The number of carbonyl (C=O) groups is 1. The highest BCUT2D eigenvalue weighted by Crippen LogP contribution is 2.36. The molecule has 0 spiro atoms. The van der Waals surface area contributed by atoms with Crippen molar-refractivity contribution >= 4 is 56.0 Å². The monoisotopic (exact) mass is 470 g/mol. The lowest BCUT2D eigenvalue weighted by Gasteiger charge is -2.20. The Kier molecular flexibility index (Phi) is 6.95. The highest BCUT2D eigenvalue weighted by atomic mass is 35.5. The molecule has 0 unspecified atom stereocenters. The molecule has 2 heterocycles. The van der Waals surface area contributed by atoms with E-state index in [-0.39, 0.29) is 5.91 Å². The van der Waals surface area contributed by atoms with Gasteiger partial charge in [-0.1, -0.05) is 42.0 Å². The van der Waals surface area contributed by atoms with Crippen LogP contribution in [0.1, 0.15) is 29.3 Å². The Morgan fingerprint density at radius 3 is 2.90 bits per heavy atom. The number of fused-ring (bicyclic) bond motifs is 1. The predicted molar refractivity (Wildman–Crippen MR) is 131 cm³/mol. The Balaban J connectivity index is 1.67. The molecule has 0 aliphatic heterocycles. The quantitative estimate of drug-likeness (QED) is 0.283. The second kappa shape index (κ2) is 9.85. The molecule has 8 heteroatoms. The summed E-state index contributed by atoms with van der Waals surface area (Å²) in [6, 6.07) is 11.7. The SMILES string of the molecule is CCSc1cccc(C(=O)N(CCCn2ccnc2)c2nc3c(C)ccc(Cl)c3s2)c1. The summed E-state index contributed by atoms with van der Waals surface area (Å²) in [5, 5.41) is 1.34. The van der Waals surface area contributed by atoms with Gasteiger partial charge in [0.15, 0.2) is 5.13 Å². The van der Waals surface area contributed by atoms with E-state index in [9.17, 15) is 4.79 Å². The van der Waals surface area contributed by atoms with Crippen LogP contribution in [0.2, 0.25) is 5.02 Å². The van der Waals surface area contributed by atoms with Gasteiger partial charge in [0, 0.05) is 35.9 Å². The van der Waals surface area contributed by atoms with Crippen molar-refractivity contribution in [1.29, 1.82) is 0 Å². The zero-order chi connectivity index (χ0) is 21.8. The first kappa shape index (κ1) is 21.9. The van der Waals surface area contributed by atoms with Crippen LogP contribution in [-0.4, -0.2) is 32.7 Å². The van der Waals surface area contributed by atoms with Gasteiger partial charge in [-0.3, -0.25) is 9.69 Å². The van der Waals surface area contributed by atoms with Crippen molar-refractivity contribution in [3.05, 3.63) is 71.3 Å². The minimum Gasteiger partial charge on any atom is -0.337 e. The predicted octanol–water partition coefficient (Wildman–Crippen LogP) is 6.30. The zero-order valence-corrected chi connectivity index (χ0v) is 19.8. The summed E-state index contributed by atoms with van der Waals surface area (Å²) in [5.74, 6) is 0.916. The van der Waals surface area contributed by atoms with Crippen molar-refractivity contribution in [3.8, 4) is 0 Å². The van der Waals surface area contributed by atoms with Crippen molar-refractivity contribution in [2.24, 2.45) is 0 Å². The van der Waals surface area contributed by atoms with Gasteiger partial charge in [0.05, 0.1) is 21.6 Å². The second-order valence-electron chi connectivity index (χ2n) is 7.11. The average Bonchev–Trinajstić information content (AvgIpc) is 3.45. The van der Waals surface area contributed by atoms with Gasteiger partial charge >= 0.3 is 0 Å². The maximum absolute atomic E-state index is 13.6. The van der Waals surface area contributed by atoms with Crippen LogP contribution in [0.5, 0.6) is 0 Å². The molecule has 31 heavy (non-hydrogen) atoms. The van der Waals surface area contributed by atoms with Crippen LogP contribution in [0.4, 0.5) is 5.13 Å². The van der Waals surface area contributed by atoms with Crippen molar-refractivity contribution in [2.75, 3.05) is 17.2 Å². The lowest BCUT2D eigenvalue weighted by molar-refractivity contribution is 0.0986. The number of rotatable bonds is 8. The van der Waals surface area contributed by atoms with E-state index in [2.05, 4.69) is 11.9 Å². The lowest BCUT2D eigenvalue weighted by Crippen LogP contribution is -2.32. The largest absolute Gasteiger partial charge is 0.337 e. The number of nitrogens with zero attached hydrogens (tertiary/aromatic N) is 4. The fourth-order valence-corrected chi connectivity index (χ4v) is 5.42. The number of carbonyl (C=O) groups excluding carboxylic acids is 1. The van der Waals surface area contributed by atoms with E-state index < -0.39 is 0 Å². The molecule has 2 aromatic carbocycles. The lowest BCUT2D eigenvalue weighted by atomic mass is 10.2. The van der Waals surface area contributed by atoms with Gasteiger partial charge in [-0.2, -0.15) is 0 Å². The molecule has 0 fully saturated rings. The van der Waals surface area contributed by atoms with Crippen LogP contribution in [0.3, 0.4) is 0 Å². The molecule has 5 nitrogen and oxygen atoms in total. The Morgan fingerprint density at radius 1 is 1.29 bits per heavy atom. The molecule has 0 saturated heterocycles. The minimum absolute atomic E-state index is 0.0444. The van der Waals surface area contributed by atoms with Gasteiger partial charge in [0.1, 0.15) is 0 Å². The molecular formula is C23H23ClN4OS2. The van der Waals surface area contributed by atoms with E-state index in [4.69, 9.17) is 16.6 Å². The molecule has 0 N–H and O–H groups in total. The number of aryl methyl sites for hydroxylation is 2. The van der Waals surface area contributed by atoms with Crippen LogP contribution >= 0.6 is 34.7 Å². The van der Waals surface area contributed by atoms with Gasteiger partial charge in [-0.25, -0.2) is 9.97 Å². The Bertz CT molecular complexity index is 1150. The topological polar surface area (TPSA) is 51.0 Å². The number of hydrogen-bond acceptors (Lipinski definition) is 5. The molecule has 4 rings (SSSR count). The molecule has 0 radical (unpaired) electrons. The normalized spacial score (nSPS) is 11.2. The van der Waals surface area contributed by atoms with Crippen LogP contribution in [0.25, 0.3) is 10.2 Å². The molecule has 4 aromatic rings. The summed E-state index contributed by atoms with van der Waals surface area (Å²) >= 11 is 9.62. The standard InChI is InChI=1S/C23H23ClN4OS2/c1-3-30-18-7-4-6-17(14-18)22(29)28(12-5-11-27-13-10-25-15-27)23-26-20-16(2)8-9-19(24)21(20)31-23/h4,6-10,13-15H,3,5,11-12H2,1-2H3. The molecule has 1 amide bonds. The molecule has 2 aromatic heterocycles. The molecule has 0 aliphatic rings. The van der Waals surface area contributed by atoms with Gasteiger partial charge in [0.2, 0.25) is 0 Å². The molecule has 160 valence electrons. The summed E-state index contributed by atoms with van der Waals surface area (Å²) in [5.41, 5.74) is 2.58. The van der Waals surface area contributed by atoms with Crippen LogP contribution in [0.15, 0.2) is 60.0 Å². The number of benzene rings is 2. The van der Waals surface area contributed by atoms with Gasteiger partial charge in [-0.15, -0.1) is 11.8 Å². The third-order valence-corrected chi connectivity index (χ3v) is 7.33. The van der Waals surface area contributed by atoms with E-state index in [0.29, 0.717) is 22.3 Å². The number of thioether (sulfide) groups is 1. The smallest absolute Gasteiger partial charge is 0.260 e. The molecular weight excluding hydrogens is 448 g/mol. The fourth-order valence-electron chi connectivity index (χ4n) is 3.36. The molecule has 0 bridgehead atoms. The number of halogens is 1. The summed E-state index contributed by atoms with van der Waals surface area (Å²) in [6.07, 6.45) is 6.27. The first-order valence-electron chi connectivity index (χ1n) is 10.1. The summed E-state index contributed by atoms with van der Waals surface area (Å²) in [6.45, 7) is 5.45. The molecule has 0 aliphatic carbocycles. The summed E-state index contributed by atoms with van der Waals surface area (Å²) in [7, 11) is 0. The number of hydrogen-bond donors (Lipinski definition) is 0. The van der Waals surface area contributed by atoms with E-state index in [1.54, 1.807) is 29.2 Å². The van der Waals surface area contributed by atoms with Gasteiger partial charge in [0.25, 0.3) is 5.91 Å². The van der Waals surface area contributed by atoms with E-state index in [1.165, 1.54) is 11.3 Å². The fraction of sp³-hybridized carbons (Fsp3) is 0.261. The highest BCUT2D eigenvalue weighted by molar-refractivity contribution is 7.99. The Labute approximate surface area is 195 Å². The van der Waals surface area contributed by atoms with Gasteiger partial charge in [-0.05, 0) is 48.9 Å². The summed E-state index contributed by atoms with van der Waals surface area (Å²) < 4.78 is 2.93. The second-order valence-corrected chi connectivity index (χ2v) is 9.83. The number of thiazole rings is 1. The van der Waals surface area contributed by atoms with E-state index >= 15 is 0 Å². The van der Waals surface area contributed by atoms with E-state index in [0.717, 1.165) is 39.4 Å². The Morgan fingerprint density at radius 2 is 2.16 bits per heavy atom. The Hall–Kier alpha value is -2.35. The van der Waals surface area contributed by atoms with Crippen molar-refractivity contribution < 1.29 is 4.79 Å². The zero-order valence-electron chi connectivity index (χ0n) is 17.4. The van der Waals surface area contributed by atoms with Crippen molar-refractivity contribution in [3.63, 3.8) is 0 Å². The number of aromatic nitrogens is 3. The highest BCUT2D eigenvalue weighted by Gasteiger charge is 2.22. The van der Waals surface area contributed by atoms with Crippen LogP contribution < -0.4 is 4.90 Å². The maximum Gasteiger partial charge on any atom is 0.260 e. The van der Waals surface area contributed by atoms with Crippen molar-refractivity contribution in [1.82, 2.24) is 14.5 Å². The first-order valence-corrected chi connectivity index (χ1v) is 12.3. The van der Waals surface area contributed by atoms with Crippen LogP contribution in [-0.2, 0) is 6.54 Å². The summed E-state index contributed by atoms with van der Waals surface area (Å²) in [4.78, 5) is 25.3. The third-order valence-electron chi connectivity index (χ3n) is 4.91. The third kappa shape index (κ3) is 4.95. The molecule has 0 saturated carbocycles. The maximum atomic E-state index is 13.6. The van der Waals surface area contributed by atoms with Gasteiger partial charge < -0.3 is 4.57 Å². The van der Waals surface area contributed by atoms with E-state index in [1.807, 2.05) is 54.1 Å². The number of amides is 1. The molecule has 0 atom stereocenters. The van der Waals surface area contributed by atoms with Crippen molar-refractivity contribution in [2.45, 2.75) is 31.7 Å². The first-order chi connectivity index (χ1) is 15.1.